The molecule has 1 aromatic carbocycles. The molecular weight excluding hydrogens is 314 g/mol. The van der Waals surface area contributed by atoms with Gasteiger partial charge in [0.1, 0.15) is 5.75 Å². The second-order valence-electron chi connectivity index (χ2n) is 6.69. The van der Waals surface area contributed by atoms with E-state index in [1.165, 1.54) is 50.2 Å². The number of nitrogens with zero attached hydrogens (tertiary/aromatic N) is 2. The summed E-state index contributed by atoms with van der Waals surface area (Å²) in [4.78, 5) is 15.7. The van der Waals surface area contributed by atoms with E-state index in [0.717, 1.165) is 35.7 Å². The minimum atomic E-state index is -0.142. The Morgan fingerprint density at radius 3 is 2.52 bits per heavy atom. The Labute approximate surface area is 146 Å². The Kier molecular flexibility index (Phi) is 4.55. The lowest BCUT2D eigenvalue weighted by Crippen LogP contribution is -2.09. The molecule has 1 saturated carbocycles. The minimum absolute atomic E-state index is 0.142. The average molecular weight is 337 g/mol. The van der Waals surface area contributed by atoms with Gasteiger partial charge in [0.2, 0.25) is 0 Å². The molecule has 0 unspecified atom stereocenters. The molecule has 0 bridgehead atoms. The number of nitrogens with one attached hydrogen (secondary N) is 1. The highest BCUT2D eigenvalue weighted by Gasteiger charge is 2.14. The van der Waals surface area contributed by atoms with Crippen molar-refractivity contribution in [2.45, 2.75) is 44.9 Å². The van der Waals surface area contributed by atoms with Crippen molar-refractivity contribution in [3.05, 3.63) is 52.4 Å². The third-order valence-corrected chi connectivity index (χ3v) is 4.88. The molecule has 2 aliphatic rings. The SMILES string of the molecule is C1CCCCC1.O=c1ccc2ncc(-c3ccc4c(c3)CCO4)n2[nH]1. The number of aromatic nitrogens is 3. The van der Waals surface area contributed by atoms with Crippen LogP contribution in [0, 0.1) is 0 Å². The molecular formula is C20H23N3O2. The van der Waals surface area contributed by atoms with Crippen LogP contribution < -0.4 is 10.3 Å². The van der Waals surface area contributed by atoms with E-state index < -0.39 is 0 Å². The van der Waals surface area contributed by atoms with Crippen molar-refractivity contribution < 1.29 is 4.74 Å². The van der Waals surface area contributed by atoms with E-state index in [9.17, 15) is 4.79 Å². The topological polar surface area (TPSA) is 59.4 Å². The molecule has 1 fully saturated rings. The number of benzene rings is 1. The van der Waals surface area contributed by atoms with Crippen molar-refractivity contribution in [1.29, 1.82) is 0 Å². The summed E-state index contributed by atoms with van der Waals surface area (Å²) in [5.74, 6) is 0.950. The van der Waals surface area contributed by atoms with Crippen LogP contribution in [0.4, 0.5) is 0 Å². The van der Waals surface area contributed by atoms with Gasteiger partial charge in [-0.3, -0.25) is 9.89 Å². The first kappa shape index (κ1) is 15.9. The van der Waals surface area contributed by atoms with E-state index in [4.69, 9.17) is 4.74 Å². The van der Waals surface area contributed by atoms with Crippen molar-refractivity contribution in [1.82, 2.24) is 14.6 Å². The molecule has 130 valence electrons. The molecule has 3 heterocycles. The molecule has 3 aromatic rings. The number of rotatable bonds is 1. The van der Waals surface area contributed by atoms with E-state index in [1.54, 1.807) is 16.8 Å². The molecule has 0 spiro atoms. The monoisotopic (exact) mass is 337 g/mol. The van der Waals surface area contributed by atoms with Crippen LogP contribution in [-0.2, 0) is 6.42 Å². The smallest absolute Gasteiger partial charge is 0.263 e. The Hall–Kier alpha value is -2.56. The Bertz CT molecular complexity index is 911. The van der Waals surface area contributed by atoms with Gasteiger partial charge < -0.3 is 4.74 Å². The average Bonchev–Trinajstić information content (AvgIpc) is 3.29. The van der Waals surface area contributed by atoms with Gasteiger partial charge in [0, 0.05) is 18.1 Å². The summed E-state index contributed by atoms with van der Waals surface area (Å²) >= 11 is 0. The fourth-order valence-electron chi connectivity index (χ4n) is 3.51. The molecule has 0 atom stereocenters. The van der Waals surface area contributed by atoms with Gasteiger partial charge in [-0.1, -0.05) is 38.5 Å². The number of hydrogen-bond donors (Lipinski definition) is 1. The number of ether oxygens (including phenoxy) is 1. The standard InChI is InChI=1S/C14H11N3O2.C6H12/c18-14-4-3-13-15-8-11(17(13)16-14)9-1-2-12-10(7-9)5-6-19-12;1-2-4-6-5-3-1/h1-4,7-8H,5-6H2,(H,16,18);1-6H2. The molecule has 0 radical (unpaired) electrons. The normalized spacial score (nSPS) is 16.0. The maximum Gasteiger partial charge on any atom is 0.263 e. The maximum atomic E-state index is 11.4. The first-order valence-electron chi connectivity index (χ1n) is 9.14. The van der Waals surface area contributed by atoms with Gasteiger partial charge in [-0.15, -0.1) is 0 Å². The lowest BCUT2D eigenvalue weighted by atomic mass is 10.0. The molecule has 5 nitrogen and oxygen atoms in total. The van der Waals surface area contributed by atoms with Crippen molar-refractivity contribution in [3.63, 3.8) is 0 Å². The van der Waals surface area contributed by atoms with Gasteiger partial charge in [0.15, 0.2) is 5.65 Å². The van der Waals surface area contributed by atoms with E-state index in [-0.39, 0.29) is 5.56 Å². The summed E-state index contributed by atoms with van der Waals surface area (Å²) in [6.45, 7) is 0.739. The summed E-state index contributed by atoms with van der Waals surface area (Å²) in [5.41, 5.74) is 3.69. The van der Waals surface area contributed by atoms with Crippen molar-refractivity contribution in [3.8, 4) is 17.0 Å². The zero-order chi connectivity index (χ0) is 17.1. The highest BCUT2D eigenvalue weighted by atomic mass is 16.5. The number of hydrogen-bond acceptors (Lipinski definition) is 3. The van der Waals surface area contributed by atoms with Crippen LogP contribution in [0.3, 0.4) is 0 Å². The summed E-state index contributed by atoms with van der Waals surface area (Å²) in [7, 11) is 0. The zero-order valence-corrected chi connectivity index (χ0v) is 14.3. The quantitative estimate of drug-likeness (QED) is 0.731. The predicted molar refractivity (Wildman–Crippen MR) is 98.1 cm³/mol. The highest BCUT2D eigenvalue weighted by molar-refractivity contribution is 5.65. The van der Waals surface area contributed by atoms with Crippen LogP contribution in [0.15, 0.2) is 41.3 Å². The Balaban J connectivity index is 0.000000223. The predicted octanol–water partition coefficient (Wildman–Crippen LogP) is 3.97. The third kappa shape index (κ3) is 3.45. The number of aromatic amines is 1. The Morgan fingerprint density at radius 2 is 1.76 bits per heavy atom. The number of imidazole rings is 1. The van der Waals surface area contributed by atoms with Crippen molar-refractivity contribution in [2.75, 3.05) is 6.61 Å². The van der Waals surface area contributed by atoms with Crippen LogP contribution in [0.5, 0.6) is 5.75 Å². The van der Waals surface area contributed by atoms with Gasteiger partial charge in [-0.25, -0.2) is 9.50 Å². The number of fused-ring (bicyclic) bond motifs is 2. The molecule has 2 aromatic heterocycles. The molecule has 25 heavy (non-hydrogen) atoms. The molecule has 1 aliphatic carbocycles. The lowest BCUT2D eigenvalue weighted by Gasteiger charge is -2.05. The van der Waals surface area contributed by atoms with Crippen LogP contribution in [0.2, 0.25) is 0 Å². The van der Waals surface area contributed by atoms with Gasteiger partial charge in [-0.05, 0) is 29.8 Å². The van der Waals surface area contributed by atoms with Gasteiger partial charge >= 0.3 is 0 Å². The molecule has 0 saturated heterocycles. The molecule has 1 N–H and O–H groups in total. The van der Waals surface area contributed by atoms with E-state index in [0.29, 0.717) is 0 Å². The lowest BCUT2D eigenvalue weighted by molar-refractivity contribution is 0.357. The minimum Gasteiger partial charge on any atom is -0.493 e. The van der Waals surface area contributed by atoms with Gasteiger partial charge in [0.05, 0.1) is 18.5 Å². The van der Waals surface area contributed by atoms with Crippen LogP contribution in [-0.4, -0.2) is 21.2 Å². The van der Waals surface area contributed by atoms with Crippen molar-refractivity contribution >= 4 is 5.65 Å². The van der Waals surface area contributed by atoms with E-state index >= 15 is 0 Å². The molecule has 5 rings (SSSR count). The molecule has 0 amide bonds. The van der Waals surface area contributed by atoms with Crippen LogP contribution in [0.1, 0.15) is 44.1 Å². The molecule has 1 aliphatic heterocycles. The zero-order valence-electron chi connectivity index (χ0n) is 14.3. The number of H-pyrrole nitrogens is 1. The Morgan fingerprint density at radius 1 is 1.00 bits per heavy atom. The highest BCUT2D eigenvalue weighted by Crippen LogP contribution is 2.30. The summed E-state index contributed by atoms with van der Waals surface area (Å²) in [6.07, 6.45) is 11.7. The first-order chi connectivity index (χ1) is 12.3. The first-order valence-corrected chi connectivity index (χ1v) is 9.14. The second-order valence-corrected chi connectivity index (χ2v) is 6.69. The second kappa shape index (κ2) is 7.13. The van der Waals surface area contributed by atoms with Crippen LogP contribution in [0.25, 0.3) is 16.9 Å². The maximum absolute atomic E-state index is 11.4. The summed E-state index contributed by atoms with van der Waals surface area (Å²) < 4.78 is 7.21. The molecule has 5 heteroatoms. The fraction of sp³-hybridized carbons (Fsp3) is 0.400. The fourth-order valence-corrected chi connectivity index (χ4v) is 3.51. The van der Waals surface area contributed by atoms with Crippen molar-refractivity contribution in [2.24, 2.45) is 0 Å². The van der Waals surface area contributed by atoms with Crippen LogP contribution >= 0.6 is 0 Å². The van der Waals surface area contributed by atoms with E-state index in [1.807, 2.05) is 12.1 Å². The van der Waals surface area contributed by atoms with E-state index in [2.05, 4.69) is 16.1 Å². The summed E-state index contributed by atoms with van der Waals surface area (Å²) in [6, 6.07) is 9.23. The summed E-state index contributed by atoms with van der Waals surface area (Å²) in [5, 5.41) is 2.77. The largest absolute Gasteiger partial charge is 0.493 e. The van der Waals surface area contributed by atoms with Gasteiger partial charge in [-0.2, -0.15) is 0 Å². The van der Waals surface area contributed by atoms with Gasteiger partial charge in [0.25, 0.3) is 5.56 Å². The third-order valence-electron chi connectivity index (χ3n) is 4.88.